The fraction of sp³-hybridized carbons (Fsp3) is 0.700. The van der Waals surface area contributed by atoms with Crippen LogP contribution in [-0.4, -0.2) is 48.7 Å². The number of allylic oxidation sites excluding steroid dienone is 1. The van der Waals surface area contributed by atoms with Crippen molar-refractivity contribution in [3.8, 4) is 0 Å². The topological polar surface area (TPSA) is 61.8 Å². The van der Waals surface area contributed by atoms with Crippen molar-refractivity contribution in [2.24, 2.45) is 0 Å². The fourth-order valence-corrected chi connectivity index (χ4v) is 11.1. The zero-order valence-electron chi connectivity index (χ0n) is 18.7. The normalized spacial score (nSPS) is 11.3. The molecule has 0 spiro atoms. The molecular weight excluding hydrogens is 376 g/mol. The maximum absolute atomic E-state index is 11.3. The van der Waals surface area contributed by atoms with Crippen LogP contribution in [0.25, 0.3) is 0 Å². The fourth-order valence-electron chi connectivity index (χ4n) is 2.28. The zero-order valence-corrected chi connectivity index (χ0v) is 20.7. The highest BCUT2D eigenvalue weighted by Crippen LogP contribution is 2.23. The van der Waals surface area contributed by atoms with Crippen LogP contribution in [0.5, 0.6) is 0 Å². The summed E-state index contributed by atoms with van der Waals surface area (Å²) in [5.74, 6) is -0.236. The molecule has 0 aliphatic heterocycles. The van der Waals surface area contributed by atoms with Gasteiger partial charge in [-0.25, -0.2) is 4.79 Å². The van der Waals surface area contributed by atoms with Crippen LogP contribution in [0, 0.1) is 0 Å². The Morgan fingerprint density at radius 2 is 1.22 bits per heavy atom. The Balaban J connectivity index is 0. The van der Waals surface area contributed by atoms with Gasteiger partial charge < -0.3 is 13.6 Å². The van der Waals surface area contributed by atoms with Crippen molar-refractivity contribution in [1.82, 2.24) is 0 Å². The quantitative estimate of drug-likeness (QED) is 0.191. The molecular formula is C20H40O5Si2. The Hall–Kier alpha value is -1.03. The summed E-state index contributed by atoms with van der Waals surface area (Å²) in [5.41, 5.74) is 1.07. The minimum atomic E-state index is -1.69. The maximum atomic E-state index is 11.3. The van der Waals surface area contributed by atoms with E-state index in [0.717, 1.165) is 31.5 Å². The van der Waals surface area contributed by atoms with Crippen LogP contribution in [0.3, 0.4) is 0 Å². The number of hydrogen-bond donors (Lipinski definition) is 0. The first-order valence-electron chi connectivity index (χ1n) is 9.42. The molecule has 0 amide bonds. The Morgan fingerprint density at radius 3 is 1.56 bits per heavy atom. The van der Waals surface area contributed by atoms with E-state index in [4.69, 9.17) is 13.6 Å². The van der Waals surface area contributed by atoms with Gasteiger partial charge in [-0.05, 0) is 77.5 Å². The molecule has 0 rings (SSSR count). The zero-order chi connectivity index (χ0) is 21.7. The largest absolute Gasteiger partial charge is 0.462 e. The lowest BCUT2D eigenvalue weighted by molar-refractivity contribution is -0.138. The first-order valence-corrected chi connectivity index (χ1v) is 15.7. The van der Waals surface area contributed by atoms with Crippen LogP contribution in [0.2, 0.25) is 38.3 Å². The Bertz CT molecular complexity index is 487. The highest BCUT2D eigenvalue weighted by Gasteiger charge is 2.32. The van der Waals surface area contributed by atoms with Gasteiger partial charge in [0.05, 0.1) is 6.61 Å². The number of esters is 1. The third kappa shape index (κ3) is 18.1. The number of rotatable bonds is 12. The van der Waals surface area contributed by atoms with E-state index in [-0.39, 0.29) is 11.8 Å². The molecule has 0 heterocycles. The molecule has 0 bridgehead atoms. The summed E-state index contributed by atoms with van der Waals surface area (Å²) in [6, 6.07) is 2.14. The molecule has 0 fully saturated rings. The van der Waals surface area contributed by atoms with Gasteiger partial charge in [0.15, 0.2) is 22.4 Å². The summed E-state index contributed by atoms with van der Waals surface area (Å²) in [6.07, 6.45) is 1.93. The number of carbonyl (C=O) groups excluding carboxylic acids is 2. The number of ether oxygens (including phenoxy) is 2. The SMILES string of the molecule is C=C(C)C(=O)OCCC[Si](C)(C)O[Si](C)(C)CCCOC.C=C(C)C(C)=O. The maximum Gasteiger partial charge on any atom is 0.333 e. The molecule has 0 saturated heterocycles. The van der Waals surface area contributed by atoms with E-state index in [2.05, 4.69) is 39.3 Å². The summed E-state index contributed by atoms with van der Waals surface area (Å²) in [6.45, 7) is 22.2. The van der Waals surface area contributed by atoms with Crippen molar-refractivity contribution in [2.75, 3.05) is 20.3 Å². The lowest BCUT2D eigenvalue weighted by Gasteiger charge is -2.34. The predicted octanol–water partition coefficient (Wildman–Crippen LogP) is 5.11. The molecule has 5 nitrogen and oxygen atoms in total. The van der Waals surface area contributed by atoms with Gasteiger partial charge in [0, 0.05) is 19.3 Å². The highest BCUT2D eigenvalue weighted by molar-refractivity contribution is 6.84. The van der Waals surface area contributed by atoms with Crippen LogP contribution in [0.15, 0.2) is 24.3 Å². The van der Waals surface area contributed by atoms with Crippen molar-refractivity contribution in [3.05, 3.63) is 24.3 Å². The third-order valence-corrected chi connectivity index (χ3v) is 11.3. The monoisotopic (exact) mass is 416 g/mol. The molecule has 0 aliphatic carbocycles. The Morgan fingerprint density at radius 1 is 0.815 bits per heavy atom. The first-order chi connectivity index (χ1) is 12.2. The summed E-state index contributed by atoms with van der Waals surface area (Å²) in [4.78, 5) is 21.3. The van der Waals surface area contributed by atoms with E-state index in [1.165, 1.54) is 6.92 Å². The van der Waals surface area contributed by atoms with Crippen LogP contribution >= 0.6 is 0 Å². The molecule has 0 atom stereocenters. The van der Waals surface area contributed by atoms with E-state index in [1.54, 1.807) is 21.0 Å². The predicted molar refractivity (Wildman–Crippen MR) is 118 cm³/mol. The van der Waals surface area contributed by atoms with Crippen LogP contribution in [0.4, 0.5) is 0 Å². The molecule has 0 aromatic carbocycles. The van der Waals surface area contributed by atoms with Crippen LogP contribution in [-0.2, 0) is 23.2 Å². The molecule has 0 radical (unpaired) electrons. The van der Waals surface area contributed by atoms with Crippen molar-refractivity contribution >= 4 is 28.4 Å². The molecule has 0 aromatic rings. The Labute approximate surface area is 168 Å². The smallest absolute Gasteiger partial charge is 0.333 e. The Kier molecular flexibility index (Phi) is 14.7. The minimum absolute atomic E-state index is 0.0648. The highest BCUT2D eigenvalue weighted by atomic mass is 28.4. The average Bonchev–Trinajstić information content (AvgIpc) is 2.50. The summed E-state index contributed by atoms with van der Waals surface area (Å²) < 4.78 is 16.7. The van der Waals surface area contributed by atoms with Gasteiger partial charge in [-0.1, -0.05) is 13.2 Å². The molecule has 7 heteroatoms. The minimum Gasteiger partial charge on any atom is -0.462 e. The number of carbonyl (C=O) groups is 2. The first kappa shape index (κ1) is 28.2. The van der Waals surface area contributed by atoms with E-state index in [0.29, 0.717) is 17.8 Å². The molecule has 0 aliphatic rings. The number of methoxy groups -OCH3 is 1. The lowest BCUT2D eigenvalue weighted by Crippen LogP contribution is -2.44. The van der Waals surface area contributed by atoms with Crippen molar-refractivity contribution in [3.63, 3.8) is 0 Å². The van der Waals surface area contributed by atoms with Crippen molar-refractivity contribution < 1.29 is 23.2 Å². The van der Waals surface area contributed by atoms with E-state index < -0.39 is 16.6 Å². The van der Waals surface area contributed by atoms with Crippen LogP contribution < -0.4 is 0 Å². The van der Waals surface area contributed by atoms with Gasteiger partial charge in [-0.15, -0.1) is 0 Å². The van der Waals surface area contributed by atoms with Gasteiger partial charge in [-0.3, -0.25) is 4.79 Å². The van der Waals surface area contributed by atoms with Gasteiger partial charge in [0.2, 0.25) is 0 Å². The van der Waals surface area contributed by atoms with Crippen molar-refractivity contribution in [1.29, 1.82) is 0 Å². The summed E-state index contributed by atoms with van der Waals surface area (Å²) in [7, 11) is -1.57. The standard InChI is InChI=1S/C15H32O4Si2.C5H8O/c1-14(2)15(16)18-11-9-13-21(6,7)19-20(4,5)12-8-10-17-3;1-4(2)5(3)6/h1,8-13H2,2-7H3;1H2,2-3H3. The van der Waals surface area contributed by atoms with Gasteiger partial charge >= 0.3 is 5.97 Å². The molecule has 27 heavy (non-hydrogen) atoms. The second kappa shape index (κ2) is 14.0. The lowest BCUT2D eigenvalue weighted by atomic mass is 10.3. The van der Waals surface area contributed by atoms with Gasteiger partial charge in [0.1, 0.15) is 0 Å². The summed E-state index contributed by atoms with van der Waals surface area (Å²) in [5, 5.41) is 0. The molecule has 158 valence electrons. The molecule has 0 aromatic heterocycles. The molecule has 0 N–H and O–H groups in total. The number of hydrogen-bond acceptors (Lipinski definition) is 5. The van der Waals surface area contributed by atoms with Crippen LogP contribution in [0.1, 0.15) is 33.6 Å². The third-order valence-electron chi connectivity index (χ3n) is 3.79. The van der Waals surface area contributed by atoms with Gasteiger partial charge in [0.25, 0.3) is 0 Å². The van der Waals surface area contributed by atoms with E-state index >= 15 is 0 Å². The summed E-state index contributed by atoms with van der Waals surface area (Å²) >= 11 is 0. The number of Topliss-reactive ketones (excluding diaryl/α,β-unsaturated/α-hetero) is 1. The van der Waals surface area contributed by atoms with Gasteiger partial charge in [-0.2, -0.15) is 0 Å². The van der Waals surface area contributed by atoms with E-state index in [9.17, 15) is 9.59 Å². The number of ketones is 1. The molecule has 0 saturated carbocycles. The molecule has 0 unspecified atom stereocenters. The second-order valence-corrected chi connectivity index (χ2v) is 16.9. The van der Waals surface area contributed by atoms with Crippen molar-refractivity contribution in [2.45, 2.75) is 71.9 Å². The average molecular weight is 417 g/mol. The second-order valence-electron chi connectivity index (χ2n) is 8.07. The van der Waals surface area contributed by atoms with E-state index in [1.807, 2.05) is 0 Å².